The smallest absolute Gasteiger partial charge is 0.260 e. The highest BCUT2D eigenvalue weighted by atomic mass is 16.1. The van der Waals surface area contributed by atoms with Crippen LogP contribution in [0.5, 0.6) is 0 Å². The van der Waals surface area contributed by atoms with E-state index in [1.165, 1.54) is 0 Å². The van der Waals surface area contributed by atoms with Gasteiger partial charge in [-0.15, -0.1) is 0 Å². The quantitative estimate of drug-likeness (QED) is 0.545. The first kappa shape index (κ1) is 13.4. The molecule has 0 aliphatic carbocycles. The number of fused-ring (bicyclic) bond motifs is 3. The summed E-state index contributed by atoms with van der Waals surface area (Å²) in [6.07, 6.45) is 3.27. The number of nitrogens with zero attached hydrogens (tertiary/aromatic N) is 2. The third kappa shape index (κ3) is 2.03. The number of amides is 1. The van der Waals surface area contributed by atoms with Crippen molar-refractivity contribution in [2.75, 3.05) is 17.8 Å². The van der Waals surface area contributed by atoms with E-state index >= 15 is 0 Å². The molecule has 6 heteroatoms. The average Bonchev–Trinajstić information content (AvgIpc) is 3.20. The van der Waals surface area contributed by atoms with Gasteiger partial charge >= 0.3 is 0 Å². The van der Waals surface area contributed by atoms with Gasteiger partial charge in [0.25, 0.3) is 5.91 Å². The second kappa shape index (κ2) is 5.17. The molecule has 4 rings (SSSR count). The summed E-state index contributed by atoms with van der Waals surface area (Å²) in [4.78, 5) is 19.6. The minimum absolute atomic E-state index is 0.204. The number of carbonyl (C=O) groups is 1. The molecule has 0 bridgehead atoms. The lowest BCUT2D eigenvalue weighted by molar-refractivity contribution is 0.102. The maximum Gasteiger partial charge on any atom is 0.260 e. The van der Waals surface area contributed by atoms with Gasteiger partial charge < -0.3 is 10.4 Å². The van der Waals surface area contributed by atoms with E-state index in [-0.39, 0.29) is 5.91 Å². The average molecular weight is 305 g/mol. The number of hydrogen-bond donors (Lipinski definition) is 3. The first-order chi connectivity index (χ1) is 11.3. The summed E-state index contributed by atoms with van der Waals surface area (Å²) in [5, 5.41) is 4.91. The van der Waals surface area contributed by atoms with E-state index in [0.29, 0.717) is 11.5 Å². The lowest BCUT2D eigenvalue weighted by Crippen LogP contribution is -2.16. The zero-order valence-electron chi connectivity index (χ0n) is 12.5. The maximum atomic E-state index is 12.7. The number of aromatic nitrogens is 3. The molecule has 0 fully saturated rings. The molecule has 0 unspecified atom stereocenters. The van der Waals surface area contributed by atoms with Crippen molar-refractivity contribution >= 4 is 33.7 Å². The van der Waals surface area contributed by atoms with Gasteiger partial charge in [-0.25, -0.2) is 4.98 Å². The molecule has 114 valence electrons. The van der Waals surface area contributed by atoms with Gasteiger partial charge in [0.1, 0.15) is 0 Å². The normalized spacial score (nSPS) is 11.0. The second-order valence-electron chi connectivity index (χ2n) is 5.17. The number of nitrogens with one attached hydrogen (secondary N) is 3. The molecule has 6 nitrogen and oxygen atoms in total. The number of H-pyrrole nitrogens is 1. The van der Waals surface area contributed by atoms with E-state index in [1.807, 2.05) is 48.1 Å². The molecule has 0 radical (unpaired) electrons. The van der Waals surface area contributed by atoms with Crippen molar-refractivity contribution in [1.82, 2.24) is 14.6 Å². The largest absolute Gasteiger partial charge is 0.331 e. The van der Waals surface area contributed by atoms with Crippen LogP contribution in [0.1, 0.15) is 10.4 Å². The van der Waals surface area contributed by atoms with Crippen LogP contribution in [-0.2, 0) is 0 Å². The first-order valence-electron chi connectivity index (χ1n) is 7.30. The van der Waals surface area contributed by atoms with E-state index in [4.69, 9.17) is 0 Å². The first-order valence-corrected chi connectivity index (χ1v) is 7.30. The van der Waals surface area contributed by atoms with Crippen LogP contribution in [0, 0.1) is 0 Å². The third-order valence-corrected chi connectivity index (χ3v) is 3.89. The maximum absolute atomic E-state index is 12.7. The van der Waals surface area contributed by atoms with Crippen molar-refractivity contribution in [3.63, 3.8) is 0 Å². The van der Waals surface area contributed by atoms with Crippen LogP contribution in [0.25, 0.3) is 21.8 Å². The Morgan fingerprint density at radius 3 is 2.74 bits per heavy atom. The number of hydrogen-bond acceptors (Lipinski definition) is 3. The Morgan fingerprint density at radius 2 is 1.96 bits per heavy atom. The summed E-state index contributed by atoms with van der Waals surface area (Å²) in [5.41, 5.74) is 5.63. The molecule has 1 amide bonds. The van der Waals surface area contributed by atoms with Gasteiger partial charge in [-0.2, -0.15) is 0 Å². The Kier molecular flexibility index (Phi) is 3.01. The highest BCUT2D eigenvalue weighted by Gasteiger charge is 2.17. The Labute approximate surface area is 132 Å². The van der Waals surface area contributed by atoms with Crippen LogP contribution in [0.2, 0.25) is 0 Å². The Hall–Kier alpha value is -3.28. The molecule has 0 spiro atoms. The Morgan fingerprint density at radius 1 is 1.13 bits per heavy atom. The van der Waals surface area contributed by atoms with Gasteiger partial charge in [-0.05, 0) is 12.1 Å². The number of para-hydroxylation sites is 2. The standard InChI is InChI=1S/C17H15N5O/c1-18-22-14-8-3-2-5-11(14)12-6-4-7-13(15(12)22)16(23)21-17-19-9-10-20-17/h2-10,18H,1H3,(H2,19,20,21,23). The topological polar surface area (TPSA) is 74.7 Å². The van der Waals surface area contributed by atoms with E-state index in [0.717, 1.165) is 21.8 Å². The molecule has 0 aliphatic heterocycles. The lowest BCUT2D eigenvalue weighted by Gasteiger charge is -2.09. The summed E-state index contributed by atoms with van der Waals surface area (Å²) in [6.45, 7) is 0. The molecule has 2 heterocycles. The van der Waals surface area contributed by atoms with Crippen LogP contribution < -0.4 is 10.7 Å². The van der Waals surface area contributed by atoms with E-state index < -0.39 is 0 Å². The van der Waals surface area contributed by atoms with Gasteiger partial charge in [0, 0.05) is 30.2 Å². The monoisotopic (exact) mass is 305 g/mol. The fraction of sp³-hybridized carbons (Fsp3) is 0.0588. The summed E-state index contributed by atoms with van der Waals surface area (Å²) >= 11 is 0. The summed E-state index contributed by atoms with van der Waals surface area (Å²) < 4.78 is 1.93. The third-order valence-electron chi connectivity index (χ3n) is 3.89. The molecule has 3 N–H and O–H groups in total. The molecule has 23 heavy (non-hydrogen) atoms. The van der Waals surface area contributed by atoms with Crippen molar-refractivity contribution < 1.29 is 4.79 Å². The fourth-order valence-corrected chi connectivity index (χ4v) is 2.94. The minimum Gasteiger partial charge on any atom is -0.331 e. The Balaban J connectivity index is 1.95. The van der Waals surface area contributed by atoms with Crippen LogP contribution in [0.3, 0.4) is 0 Å². The van der Waals surface area contributed by atoms with Gasteiger partial charge in [0.2, 0.25) is 5.95 Å². The zero-order valence-corrected chi connectivity index (χ0v) is 12.5. The predicted molar refractivity (Wildman–Crippen MR) is 91.3 cm³/mol. The van der Waals surface area contributed by atoms with Gasteiger partial charge in [-0.3, -0.25) is 14.8 Å². The predicted octanol–water partition coefficient (Wildman–Crippen LogP) is 2.94. The number of aromatic amines is 1. The van der Waals surface area contributed by atoms with Crippen LogP contribution in [-0.4, -0.2) is 27.6 Å². The number of imidazole rings is 1. The van der Waals surface area contributed by atoms with E-state index in [2.05, 4.69) is 26.8 Å². The fourth-order valence-electron chi connectivity index (χ4n) is 2.94. The molecular formula is C17H15N5O. The molecule has 0 aliphatic rings. The summed E-state index contributed by atoms with van der Waals surface area (Å²) in [7, 11) is 1.84. The van der Waals surface area contributed by atoms with Gasteiger partial charge in [0.05, 0.1) is 16.6 Å². The van der Waals surface area contributed by atoms with Crippen molar-refractivity contribution in [2.24, 2.45) is 0 Å². The summed E-state index contributed by atoms with van der Waals surface area (Å²) in [5.74, 6) is 0.226. The van der Waals surface area contributed by atoms with Crippen LogP contribution in [0.15, 0.2) is 54.9 Å². The van der Waals surface area contributed by atoms with E-state index in [9.17, 15) is 4.79 Å². The SMILES string of the molecule is CNn1c2ccccc2c2cccc(C(=O)Nc3ncc[nH]3)c21. The van der Waals surface area contributed by atoms with Crippen molar-refractivity contribution in [2.45, 2.75) is 0 Å². The molecule has 2 aromatic heterocycles. The second-order valence-corrected chi connectivity index (χ2v) is 5.17. The molecule has 4 aromatic rings. The van der Waals surface area contributed by atoms with Crippen molar-refractivity contribution in [1.29, 1.82) is 0 Å². The number of rotatable bonds is 3. The highest BCUT2D eigenvalue weighted by molar-refractivity contribution is 6.18. The van der Waals surface area contributed by atoms with Crippen molar-refractivity contribution in [3.8, 4) is 0 Å². The number of anilines is 1. The lowest BCUT2D eigenvalue weighted by atomic mass is 10.1. The summed E-state index contributed by atoms with van der Waals surface area (Å²) in [6, 6.07) is 13.8. The molecule has 0 atom stereocenters. The number of carbonyl (C=O) groups excluding carboxylic acids is 1. The van der Waals surface area contributed by atoms with Crippen LogP contribution in [0.4, 0.5) is 5.95 Å². The zero-order chi connectivity index (χ0) is 15.8. The van der Waals surface area contributed by atoms with Crippen molar-refractivity contribution in [3.05, 3.63) is 60.4 Å². The Bertz CT molecular complexity index is 1000. The van der Waals surface area contributed by atoms with Gasteiger partial charge in [-0.1, -0.05) is 30.3 Å². The van der Waals surface area contributed by atoms with Gasteiger partial charge in [0.15, 0.2) is 0 Å². The van der Waals surface area contributed by atoms with Crippen LogP contribution >= 0.6 is 0 Å². The molecule has 2 aromatic carbocycles. The minimum atomic E-state index is -0.204. The number of benzene rings is 2. The molecule has 0 saturated heterocycles. The highest BCUT2D eigenvalue weighted by Crippen LogP contribution is 2.30. The molecule has 0 saturated carbocycles. The molecular weight excluding hydrogens is 290 g/mol. The van der Waals surface area contributed by atoms with E-state index in [1.54, 1.807) is 12.4 Å².